The van der Waals surface area contributed by atoms with Gasteiger partial charge in [0.1, 0.15) is 5.69 Å². The first-order valence-corrected chi connectivity index (χ1v) is 10.7. The quantitative estimate of drug-likeness (QED) is 0.744. The number of sulfone groups is 1. The maximum atomic E-state index is 12.7. The molecule has 2 aromatic rings. The largest absolute Gasteiger partial charge is 0.370 e. The number of rotatable bonds is 6. The van der Waals surface area contributed by atoms with Crippen LogP contribution in [0.3, 0.4) is 0 Å². The van der Waals surface area contributed by atoms with Crippen LogP contribution in [0.5, 0.6) is 0 Å². The molecule has 1 unspecified atom stereocenters. The van der Waals surface area contributed by atoms with Crippen molar-refractivity contribution in [2.75, 3.05) is 37.0 Å². The molecule has 1 aliphatic heterocycles. The number of amides is 1. The van der Waals surface area contributed by atoms with Crippen molar-refractivity contribution in [3.05, 3.63) is 54.1 Å². The van der Waals surface area contributed by atoms with Gasteiger partial charge in [-0.2, -0.15) is 0 Å². The van der Waals surface area contributed by atoms with E-state index in [0.29, 0.717) is 18.7 Å². The van der Waals surface area contributed by atoms with Crippen molar-refractivity contribution in [2.45, 2.75) is 18.9 Å². The normalized spacial score (nSPS) is 18.2. The summed E-state index contributed by atoms with van der Waals surface area (Å²) in [4.78, 5) is 24.5. The number of likely N-dealkylation sites (N-methyl/N-ethyl adjacent to an activating group) is 1. The summed E-state index contributed by atoms with van der Waals surface area (Å²) in [6, 6.07) is 7.34. The Balaban J connectivity index is 1.66. The molecule has 0 saturated carbocycles. The highest BCUT2D eigenvalue weighted by Crippen LogP contribution is 2.23. The molecule has 0 bridgehead atoms. The van der Waals surface area contributed by atoms with Gasteiger partial charge in [-0.3, -0.25) is 14.8 Å². The van der Waals surface area contributed by atoms with Crippen LogP contribution >= 0.6 is 0 Å². The molecule has 1 atom stereocenters. The third-order valence-electron chi connectivity index (χ3n) is 4.96. The first-order chi connectivity index (χ1) is 12.9. The van der Waals surface area contributed by atoms with Gasteiger partial charge in [0.25, 0.3) is 5.91 Å². The molecule has 1 saturated heterocycles. The van der Waals surface area contributed by atoms with Crippen LogP contribution in [0.4, 0.5) is 5.69 Å². The molecule has 7 nitrogen and oxygen atoms in total. The van der Waals surface area contributed by atoms with Crippen LogP contribution in [0.15, 0.2) is 42.9 Å². The number of carbonyl (C=O) groups is 1. The smallest absolute Gasteiger partial charge is 0.272 e. The Morgan fingerprint density at radius 2 is 1.93 bits per heavy atom. The Morgan fingerprint density at radius 1 is 1.19 bits per heavy atom. The zero-order valence-electron chi connectivity index (χ0n) is 15.6. The number of carbonyl (C=O) groups excluding carboxylic acids is 1. The summed E-state index contributed by atoms with van der Waals surface area (Å²) in [6.45, 7) is 0.575. The molecule has 1 fully saturated rings. The second-order valence-electron chi connectivity index (χ2n) is 6.90. The molecule has 0 aliphatic carbocycles. The summed E-state index contributed by atoms with van der Waals surface area (Å²) < 4.78 is 23.5. The Labute approximate surface area is 160 Å². The van der Waals surface area contributed by atoms with Gasteiger partial charge in [0.05, 0.1) is 11.5 Å². The lowest BCUT2D eigenvalue weighted by Crippen LogP contribution is -2.33. The maximum Gasteiger partial charge on any atom is 0.272 e. The van der Waals surface area contributed by atoms with Crippen molar-refractivity contribution < 1.29 is 13.2 Å². The van der Waals surface area contributed by atoms with E-state index in [2.05, 4.69) is 9.97 Å². The van der Waals surface area contributed by atoms with Crippen LogP contribution in [-0.4, -0.2) is 67.4 Å². The number of anilines is 1. The second kappa shape index (κ2) is 8.04. The summed E-state index contributed by atoms with van der Waals surface area (Å²) in [5, 5.41) is 0. The minimum atomic E-state index is -2.96. The summed E-state index contributed by atoms with van der Waals surface area (Å²) in [5.74, 6) is 0.218. The van der Waals surface area contributed by atoms with Crippen LogP contribution < -0.4 is 4.90 Å². The minimum absolute atomic E-state index is 0.0650. The lowest BCUT2D eigenvalue weighted by molar-refractivity contribution is 0.0791. The van der Waals surface area contributed by atoms with Gasteiger partial charge in [0, 0.05) is 51.0 Å². The molecule has 3 heterocycles. The Hall–Kier alpha value is -2.48. The van der Waals surface area contributed by atoms with Gasteiger partial charge in [-0.05, 0) is 42.7 Å². The van der Waals surface area contributed by atoms with Crippen molar-refractivity contribution in [2.24, 2.45) is 0 Å². The second-order valence-corrected chi connectivity index (χ2v) is 9.13. The van der Waals surface area contributed by atoms with Gasteiger partial charge in [-0.15, -0.1) is 0 Å². The van der Waals surface area contributed by atoms with E-state index in [-0.39, 0.29) is 23.5 Å². The van der Waals surface area contributed by atoms with Crippen LogP contribution in [0.2, 0.25) is 0 Å². The molecule has 144 valence electrons. The van der Waals surface area contributed by atoms with Crippen LogP contribution in [0, 0.1) is 0 Å². The highest BCUT2D eigenvalue weighted by Gasteiger charge is 2.31. The zero-order valence-corrected chi connectivity index (χ0v) is 16.4. The monoisotopic (exact) mass is 388 g/mol. The molecule has 0 spiro atoms. The first-order valence-electron chi connectivity index (χ1n) is 8.89. The standard InChI is InChI=1S/C19H24N4O3S/c1-22(11-6-15-3-8-20-9-4-15)19(24)18-13-16(5-10-21-18)23(2)17-7-12-27(25,26)14-17/h3-5,8-10,13,17H,6-7,11-12,14H2,1-2H3. The number of nitrogens with zero attached hydrogens (tertiary/aromatic N) is 4. The van der Waals surface area contributed by atoms with Crippen molar-refractivity contribution in [3.8, 4) is 0 Å². The Kier molecular flexibility index (Phi) is 5.74. The first kappa shape index (κ1) is 19.3. The molecule has 8 heteroatoms. The van der Waals surface area contributed by atoms with E-state index < -0.39 is 9.84 Å². The fraction of sp³-hybridized carbons (Fsp3) is 0.421. The molecule has 0 N–H and O–H groups in total. The summed E-state index contributed by atoms with van der Waals surface area (Å²) in [7, 11) is 0.659. The fourth-order valence-corrected chi connectivity index (χ4v) is 4.97. The Morgan fingerprint density at radius 3 is 2.59 bits per heavy atom. The van der Waals surface area contributed by atoms with E-state index in [1.165, 1.54) is 0 Å². The average Bonchev–Trinajstić information content (AvgIpc) is 3.05. The fourth-order valence-electron chi connectivity index (χ4n) is 3.19. The summed E-state index contributed by atoms with van der Waals surface area (Å²) in [6.07, 6.45) is 6.42. The van der Waals surface area contributed by atoms with E-state index in [4.69, 9.17) is 0 Å². The Bertz CT molecular complexity index is 902. The lowest BCUT2D eigenvalue weighted by Gasteiger charge is -2.26. The predicted molar refractivity (Wildman–Crippen MR) is 105 cm³/mol. The number of pyridine rings is 2. The molecule has 27 heavy (non-hydrogen) atoms. The third kappa shape index (κ3) is 4.82. The highest BCUT2D eigenvalue weighted by molar-refractivity contribution is 7.91. The van der Waals surface area contributed by atoms with Gasteiger partial charge in [0.15, 0.2) is 9.84 Å². The van der Waals surface area contributed by atoms with Gasteiger partial charge < -0.3 is 9.80 Å². The van der Waals surface area contributed by atoms with Gasteiger partial charge in [-0.25, -0.2) is 8.42 Å². The van der Waals surface area contributed by atoms with Crippen LogP contribution in [0.1, 0.15) is 22.5 Å². The van der Waals surface area contributed by atoms with Crippen molar-refractivity contribution in [3.63, 3.8) is 0 Å². The highest BCUT2D eigenvalue weighted by atomic mass is 32.2. The molecular weight excluding hydrogens is 364 g/mol. The van der Waals surface area contributed by atoms with Crippen molar-refractivity contribution in [1.82, 2.24) is 14.9 Å². The predicted octanol–water partition coefficient (Wildman–Crippen LogP) is 1.41. The SMILES string of the molecule is CN(CCc1ccncc1)C(=O)c1cc(N(C)C2CCS(=O)(=O)C2)ccn1. The summed E-state index contributed by atoms with van der Waals surface area (Å²) in [5.41, 5.74) is 2.28. The summed E-state index contributed by atoms with van der Waals surface area (Å²) >= 11 is 0. The van der Waals surface area contributed by atoms with Gasteiger partial charge in [0.2, 0.25) is 0 Å². The van der Waals surface area contributed by atoms with Crippen molar-refractivity contribution >= 4 is 21.4 Å². The van der Waals surface area contributed by atoms with Gasteiger partial charge >= 0.3 is 0 Å². The molecule has 1 aliphatic rings. The maximum absolute atomic E-state index is 12.7. The molecule has 1 amide bonds. The lowest BCUT2D eigenvalue weighted by atomic mass is 10.2. The van der Waals surface area contributed by atoms with E-state index in [1.807, 2.05) is 24.1 Å². The molecular formula is C19H24N4O3S. The van der Waals surface area contributed by atoms with Crippen LogP contribution in [0.25, 0.3) is 0 Å². The molecule has 0 aromatic carbocycles. The third-order valence-corrected chi connectivity index (χ3v) is 6.71. The topological polar surface area (TPSA) is 83.5 Å². The minimum Gasteiger partial charge on any atom is -0.370 e. The number of aromatic nitrogens is 2. The number of hydrogen-bond acceptors (Lipinski definition) is 6. The molecule has 3 rings (SSSR count). The van der Waals surface area contributed by atoms with Gasteiger partial charge in [-0.1, -0.05) is 0 Å². The molecule has 2 aromatic heterocycles. The van der Waals surface area contributed by atoms with E-state index in [0.717, 1.165) is 17.7 Å². The van der Waals surface area contributed by atoms with E-state index in [9.17, 15) is 13.2 Å². The average molecular weight is 388 g/mol. The van der Waals surface area contributed by atoms with Crippen LogP contribution in [-0.2, 0) is 16.3 Å². The molecule has 0 radical (unpaired) electrons. The van der Waals surface area contributed by atoms with E-state index in [1.54, 1.807) is 42.7 Å². The van der Waals surface area contributed by atoms with E-state index >= 15 is 0 Å². The van der Waals surface area contributed by atoms with Crippen molar-refractivity contribution in [1.29, 1.82) is 0 Å². The number of hydrogen-bond donors (Lipinski definition) is 0. The zero-order chi connectivity index (χ0) is 19.4.